The van der Waals surface area contributed by atoms with Gasteiger partial charge in [0.25, 0.3) is 0 Å². The van der Waals surface area contributed by atoms with E-state index in [0.29, 0.717) is 25.3 Å². The molecule has 5 nitrogen and oxygen atoms in total. The van der Waals surface area contributed by atoms with E-state index < -0.39 is 11.7 Å². The number of nitrogens with zero attached hydrogens (tertiary/aromatic N) is 3. The number of halogens is 4. The monoisotopic (exact) mass is 410 g/mol. The average molecular weight is 410 g/mol. The summed E-state index contributed by atoms with van der Waals surface area (Å²) in [7, 11) is 1.72. The molecule has 1 aromatic heterocycles. The fourth-order valence-corrected chi connectivity index (χ4v) is 3.34. The Labute approximate surface area is 166 Å². The largest absolute Gasteiger partial charge is 0.416 e. The molecule has 0 atom stereocenters. The Balaban J connectivity index is 1.50. The van der Waals surface area contributed by atoms with E-state index in [4.69, 9.17) is 0 Å². The minimum atomic E-state index is -4.40. The summed E-state index contributed by atoms with van der Waals surface area (Å²) in [6, 6.07) is 7.30. The number of alkyl halides is 3. The van der Waals surface area contributed by atoms with Gasteiger partial charge in [0.1, 0.15) is 11.6 Å². The number of rotatable bonds is 4. The first-order valence-electron chi connectivity index (χ1n) is 9.28. The van der Waals surface area contributed by atoms with Gasteiger partial charge in [-0.1, -0.05) is 0 Å². The quantitative estimate of drug-likeness (QED) is 0.749. The number of carbonyl (C=O) groups excluding carboxylic acids is 1. The van der Waals surface area contributed by atoms with Gasteiger partial charge in [0.15, 0.2) is 0 Å². The van der Waals surface area contributed by atoms with Crippen molar-refractivity contribution in [2.24, 2.45) is 5.92 Å². The number of urea groups is 1. The standard InChI is InChI=1S/C20H22F4N4O/c1-27(18-12-15(6-9-25-18)20(22,23)24)13-14-7-10-28(11-8-14)19(29)26-17-4-2-16(21)3-5-17/h2-6,9,12,14H,7-8,10-11,13H2,1H3,(H,26,29). The lowest BCUT2D eigenvalue weighted by Crippen LogP contribution is -2.43. The van der Waals surface area contributed by atoms with Crippen LogP contribution in [0.5, 0.6) is 0 Å². The molecule has 1 N–H and O–H groups in total. The molecule has 1 aliphatic rings. The van der Waals surface area contributed by atoms with Gasteiger partial charge in [0.05, 0.1) is 5.56 Å². The van der Waals surface area contributed by atoms with Gasteiger partial charge in [-0.2, -0.15) is 13.2 Å². The van der Waals surface area contributed by atoms with Crippen molar-refractivity contribution in [2.75, 3.05) is 36.9 Å². The predicted octanol–water partition coefficient (Wildman–Crippen LogP) is 4.62. The van der Waals surface area contributed by atoms with E-state index in [2.05, 4.69) is 10.3 Å². The van der Waals surface area contributed by atoms with Gasteiger partial charge in [-0.25, -0.2) is 14.2 Å². The molecule has 0 spiro atoms. The highest BCUT2D eigenvalue weighted by molar-refractivity contribution is 5.89. The molecular formula is C20H22F4N4O. The summed E-state index contributed by atoms with van der Waals surface area (Å²) < 4.78 is 51.6. The predicted molar refractivity (Wildman–Crippen MR) is 102 cm³/mol. The molecule has 1 aliphatic heterocycles. The first-order valence-corrected chi connectivity index (χ1v) is 9.28. The molecule has 0 saturated carbocycles. The number of piperidine rings is 1. The second kappa shape index (κ2) is 8.67. The lowest BCUT2D eigenvalue weighted by Gasteiger charge is -2.34. The zero-order valence-electron chi connectivity index (χ0n) is 15.9. The van der Waals surface area contributed by atoms with Crippen LogP contribution in [-0.4, -0.2) is 42.6 Å². The summed E-state index contributed by atoms with van der Waals surface area (Å²) in [5, 5.41) is 2.73. The van der Waals surface area contributed by atoms with Crippen molar-refractivity contribution < 1.29 is 22.4 Å². The van der Waals surface area contributed by atoms with Gasteiger partial charge >= 0.3 is 12.2 Å². The van der Waals surface area contributed by atoms with Gasteiger partial charge in [0.2, 0.25) is 0 Å². The number of amides is 2. The normalized spacial score (nSPS) is 15.3. The smallest absolute Gasteiger partial charge is 0.359 e. The van der Waals surface area contributed by atoms with Crippen molar-refractivity contribution in [3.63, 3.8) is 0 Å². The molecule has 2 amide bonds. The molecule has 2 aromatic rings. The van der Waals surface area contributed by atoms with Gasteiger partial charge in [-0.15, -0.1) is 0 Å². The molecule has 0 radical (unpaired) electrons. The van der Waals surface area contributed by atoms with Gasteiger partial charge in [0, 0.05) is 38.6 Å². The molecule has 2 heterocycles. The molecule has 0 unspecified atom stereocenters. The van der Waals surface area contributed by atoms with E-state index in [1.165, 1.54) is 24.3 Å². The Kier molecular flexibility index (Phi) is 6.24. The van der Waals surface area contributed by atoms with Crippen LogP contribution in [0.4, 0.5) is 33.9 Å². The minimum Gasteiger partial charge on any atom is -0.359 e. The van der Waals surface area contributed by atoms with Crippen LogP contribution in [0.2, 0.25) is 0 Å². The number of hydrogen-bond acceptors (Lipinski definition) is 3. The third-order valence-electron chi connectivity index (χ3n) is 4.99. The Morgan fingerprint density at radius 3 is 2.48 bits per heavy atom. The van der Waals surface area contributed by atoms with Crippen molar-refractivity contribution in [1.82, 2.24) is 9.88 Å². The molecule has 0 aliphatic carbocycles. The first kappa shape index (κ1) is 20.9. The summed E-state index contributed by atoms with van der Waals surface area (Å²) in [6.07, 6.45) is -1.76. The SMILES string of the molecule is CN(CC1CCN(C(=O)Nc2ccc(F)cc2)CC1)c1cc(C(F)(F)F)ccn1. The van der Waals surface area contributed by atoms with Crippen LogP contribution in [-0.2, 0) is 6.18 Å². The Bertz CT molecular complexity index is 833. The number of likely N-dealkylation sites (tertiary alicyclic amines) is 1. The van der Waals surface area contributed by atoms with E-state index in [9.17, 15) is 22.4 Å². The highest BCUT2D eigenvalue weighted by Gasteiger charge is 2.31. The lowest BCUT2D eigenvalue weighted by molar-refractivity contribution is -0.137. The second-order valence-electron chi connectivity index (χ2n) is 7.15. The summed E-state index contributed by atoms with van der Waals surface area (Å²) in [6.45, 7) is 1.64. The number of hydrogen-bond donors (Lipinski definition) is 1. The van der Waals surface area contributed by atoms with Crippen LogP contribution < -0.4 is 10.2 Å². The number of anilines is 2. The summed E-state index contributed by atoms with van der Waals surface area (Å²) in [4.78, 5) is 19.8. The maximum atomic E-state index is 12.9. The fraction of sp³-hybridized carbons (Fsp3) is 0.400. The highest BCUT2D eigenvalue weighted by Crippen LogP contribution is 2.31. The second-order valence-corrected chi connectivity index (χ2v) is 7.15. The third kappa shape index (κ3) is 5.58. The van der Waals surface area contributed by atoms with Crippen molar-refractivity contribution in [1.29, 1.82) is 0 Å². The molecule has 156 valence electrons. The average Bonchev–Trinajstić information content (AvgIpc) is 2.69. The Morgan fingerprint density at radius 1 is 1.21 bits per heavy atom. The molecule has 3 rings (SSSR count). The molecule has 29 heavy (non-hydrogen) atoms. The van der Waals surface area contributed by atoms with Crippen LogP contribution in [0.15, 0.2) is 42.6 Å². The fourth-order valence-electron chi connectivity index (χ4n) is 3.34. The maximum Gasteiger partial charge on any atom is 0.416 e. The number of aromatic nitrogens is 1. The molecule has 0 bridgehead atoms. The Morgan fingerprint density at radius 2 is 1.86 bits per heavy atom. The van der Waals surface area contributed by atoms with Crippen LogP contribution in [0, 0.1) is 11.7 Å². The zero-order chi connectivity index (χ0) is 21.0. The van der Waals surface area contributed by atoms with E-state index in [0.717, 1.165) is 31.2 Å². The Hall–Kier alpha value is -2.84. The molecular weight excluding hydrogens is 388 g/mol. The molecule has 1 fully saturated rings. The van der Waals surface area contributed by atoms with Crippen molar-refractivity contribution in [3.8, 4) is 0 Å². The lowest BCUT2D eigenvalue weighted by atomic mass is 9.96. The zero-order valence-corrected chi connectivity index (χ0v) is 15.9. The van der Waals surface area contributed by atoms with Crippen molar-refractivity contribution in [2.45, 2.75) is 19.0 Å². The highest BCUT2D eigenvalue weighted by atomic mass is 19.4. The molecule has 9 heteroatoms. The molecule has 1 saturated heterocycles. The topological polar surface area (TPSA) is 48.5 Å². The van der Waals surface area contributed by atoms with Crippen molar-refractivity contribution in [3.05, 3.63) is 54.0 Å². The maximum absolute atomic E-state index is 12.9. The van der Waals surface area contributed by atoms with Crippen LogP contribution in [0.25, 0.3) is 0 Å². The van der Waals surface area contributed by atoms with Crippen LogP contribution in [0.3, 0.4) is 0 Å². The van der Waals surface area contributed by atoms with Crippen LogP contribution in [0.1, 0.15) is 18.4 Å². The van der Waals surface area contributed by atoms with E-state index in [1.807, 2.05) is 0 Å². The summed E-state index contributed by atoms with van der Waals surface area (Å²) in [5.74, 6) is 0.144. The van der Waals surface area contributed by atoms with Gasteiger partial charge < -0.3 is 15.1 Å². The summed E-state index contributed by atoms with van der Waals surface area (Å²) >= 11 is 0. The van der Waals surface area contributed by atoms with Crippen LogP contribution >= 0.6 is 0 Å². The third-order valence-corrected chi connectivity index (χ3v) is 4.99. The van der Waals surface area contributed by atoms with Gasteiger partial charge in [-0.05, 0) is 55.2 Å². The van der Waals surface area contributed by atoms with E-state index in [-0.39, 0.29) is 23.6 Å². The van der Waals surface area contributed by atoms with E-state index in [1.54, 1.807) is 16.8 Å². The first-order chi connectivity index (χ1) is 13.7. The minimum absolute atomic E-state index is 0.242. The number of nitrogens with one attached hydrogen (secondary N) is 1. The number of benzene rings is 1. The van der Waals surface area contributed by atoms with E-state index >= 15 is 0 Å². The summed E-state index contributed by atoms with van der Waals surface area (Å²) in [5.41, 5.74) is -0.199. The van der Waals surface area contributed by atoms with Crippen molar-refractivity contribution >= 4 is 17.5 Å². The molecule has 1 aromatic carbocycles. The number of pyridine rings is 1. The van der Waals surface area contributed by atoms with Gasteiger partial charge in [-0.3, -0.25) is 0 Å². The number of carbonyl (C=O) groups is 1.